The van der Waals surface area contributed by atoms with E-state index in [1.54, 1.807) is 12.1 Å². The zero-order chi connectivity index (χ0) is 14.0. The van der Waals surface area contributed by atoms with Crippen molar-refractivity contribution >= 4 is 51.9 Å². The fraction of sp³-hybridized carbons (Fsp3) is 0.333. The summed E-state index contributed by atoms with van der Waals surface area (Å²) in [6.07, 6.45) is 1.62. The Bertz CT molecular complexity index is 536. The van der Waals surface area contributed by atoms with E-state index >= 15 is 0 Å². The Morgan fingerprint density at radius 2 is 2.11 bits per heavy atom. The van der Waals surface area contributed by atoms with Crippen LogP contribution < -0.4 is 4.90 Å². The molecule has 0 saturated carbocycles. The maximum atomic E-state index is 12.0. The molecule has 102 valence electrons. The van der Waals surface area contributed by atoms with E-state index < -0.39 is 5.97 Å². The summed E-state index contributed by atoms with van der Waals surface area (Å²) in [4.78, 5) is 24.1. The van der Waals surface area contributed by atoms with Crippen molar-refractivity contribution in [2.45, 2.75) is 12.8 Å². The maximum absolute atomic E-state index is 12.0. The Kier molecular flexibility index (Phi) is 4.60. The SMILES string of the molecule is O=C(O)CSC(=O)N1CCCc2cc(Cl)cc(Cl)c21. The van der Waals surface area contributed by atoms with Crippen molar-refractivity contribution in [3.05, 3.63) is 27.7 Å². The number of carboxylic acids is 1. The number of carbonyl (C=O) groups excluding carboxylic acids is 1. The molecule has 7 heteroatoms. The number of rotatable bonds is 2. The molecule has 1 aliphatic heterocycles. The van der Waals surface area contributed by atoms with Crippen molar-refractivity contribution in [2.24, 2.45) is 0 Å². The Morgan fingerprint density at radius 1 is 1.37 bits per heavy atom. The minimum atomic E-state index is -1.02. The van der Waals surface area contributed by atoms with E-state index in [1.165, 1.54) is 4.90 Å². The number of nitrogens with zero attached hydrogens (tertiary/aromatic N) is 1. The van der Waals surface area contributed by atoms with Gasteiger partial charge in [-0.3, -0.25) is 9.59 Å². The number of thioether (sulfide) groups is 1. The number of hydrogen-bond acceptors (Lipinski definition) is 3. The molecule has 1 N–H and O–H groups in total. The fourth-order valence-electron chi connectivity index (χ4n) is 2.04. The molecule has 19 heavy (non-hydrogen) atoms. The van der Waals surface area contributed by atoms with Gasteiger partial charge in [-0.05, 0) is 30.5 Å². The van der Waals surface area contributed by atoms with Crippen molar-refractivity contribution in [3.63, 3.8) is 0 Å². The lowest BCUT2D eigenvalue weighted by Gasteiger charge is -2.30. The summed E-state index contributed by atoms with van der Waals surface area (Å²) in [6.45, 7) is 0.541. The van der Waals surface area contributed by atoms with Gasteiger partial charge < -0.3 is 10.0 Å². The monoisotopic (exact) mass is 319 g/mol. The molecule has 0 spiro atoms. The van der Waals surface area contributed by atoms with Crippen LogP contribution >= 0.6 is 35.0 Å². The third kappa shape index (κ3) is 3.35. The Balaban J connectivity index is 2.26. The molecule has 0 aromatic heterocycles. The van der Waals surface area contributed by atoms with Gasteiger partial charge in [0.2, 0.25) is 0 Å². The number of fused-ring (bicyclic) bond motifs is 1. The molecule has 1 amide bonds. The number of hydrogen-bond donors (Lipinski definition) is 1. The predicted octanol–water partition coefficient (Wildman–Crippen LogP) is 3.68. The number of benzene rings is 1. The van der Waals surface area contributed by atoms with Crippen LogP contribution in [0.15, 0.2) is 12.1 Å². The smallest absolute Gasteiger partial charge is 0.314 e. The van der Waals surface area contributed by atoms with Crippen LogP contribution in [0.5, 0.6) is 0 Å². The maximum Gasteiger partial charge on any atom is 0.314 e. The van der Waals surface area contributed by atoms with Gasteiger partial charge in [-0.15, -0.1) is 0 Å². The van der Waals surface area contributed by atoms with Gasteiger partial charge in [0.25, 0.3) is 5.24 Å². The molecule has 0 fully saturated rings. The second kappa shape index (κ2) is 6.03. The van der Waals surface area contributed by atoms with Crippen LogP contribution in [-0.2, 0) is 11.2 Å². The molecule has 0 atom stereocenters. The largest absolute Gasteiger partial charge is 0.481 e. The second-order valence-corrected chi connectivity index (χ2v) is 5.87. The molecule has 4 nitrogen and oxygen atoms in total. The summed E-state index contributed by atoms with van der Waals surface area (Å²) in [5, 5.41) is 9.27. The first-order valence-corrected chi connectivity index (χ1v) is 7.37. The lowest BCUT2D eigenvalue weighted by molar-refractivity contribution is -0.133. The third-order valence-electron chi connectivity index (χ3n) is 2.74. The summed E-state index contributed by atoms with van der Waals surface area (Å²) >= 11 is 12.8. The molecule has 0 radical (unpaired) electrons. The third-order valence-corrected chi connectivity index (χ3v) is 4.11. The summed E-state index contributed by atoms with van der Waals surface area (Å²) in [6, 6.07) is 3.39. The van der Waals surface area contributed by atoms with Gasteiger partial charge >= 0.3 is 5.97 Å². The molecule has 0 saturated heterocycles. The van der Waals surface area contributed by atoms with Crippen LogP contribution in [0.25, 0.3) is 0 Å². The van der Waals surface area contributed by atoms with Gasteiger partial charge in [-0.2, -0.15) is 0 Å². The van der Waals surface area contributed by atoms with Gasteiger partial charge in [0.05, 0.1) is 10.7 Å². The van der Waals surface area contributed by atoms with Crippen LogP contribution in [0.2, 0.25) is 10.0 Å². The molecule has 1 aliphatic rings. The fourth-order valence-corrected chi connectivity index (χ4v) is 3.26. The second-order valence-electron chi connectivity index (χ2n) is 4.10. The summed E-state index contributed by atoms with van der Waals surface area (Å²) in [7, 11) is 0. The van der Waals surface area contributed by atoms with E-state index in [0.717, 1.165) is 30.2 Å². The zero-order valence-electron chi connectivity index (χ0n) is 9.86. The Labute approximate surface area is 124 Å². The molecule has 0 bridgehead atoms. The average molecular weight is 320 g/mol. The first kappa shape index (κ1) is 14.5. The quantitative estimate of drug-likeness (QED) is 0.903. The molecule has 1 aromatic rings. The van der Waals surface area contributed by atoms with E-state index in [2.05, 4.69) is 0 Å². The lowest BCUT2D eigenvalue weighted by atomic mass is 10.0. The van der Waals surface area contributed by atoms with E-state index in [4.69, 9.17) is 28.3 Å². The lowest BCUT2D eigenvalue weighted by Crippen LogP contribution is -2.33. The molecule has 1 heterocycles. The van der Waals surface area contributed by atoms with E-state index in [-0.39, 0.29) is 11.0 Å². The summed E-state index contributed by atoms with van der Waals surface area (Å²) in [5.74, 6) is -1.27. The first-order valence-electron chi connectivity index (χ1n) is 5.63. The summed E-state index contributed by atoms with van der Waals surface area (Å²) in [5.41, 5.74) is 1.58. The highest BCUT2D eigenvalue weighted by atomic mass is 35.5. The van der Waals surface area contributed by atoms with Crippen LogP contribution in [-0.4, -0.2) is 28.6 Å². The van der Waals surface area contributed by atoms with Crippen molar-refractivity contribution in [2.75, 3.05) is 17.2 Å². The first-order chi connectivity index (χ1) is 8.99. The van der Waals surface area contributed by atoms with Gasteiger partial charge in [-0.25, -0.2) is 0 Å². The molecule has 0 unspecified atom stereocenters. The van der Waals surface area contributed by atoms with Crippen molar-refractivity contribution < 1.29 is 14.7 Å². The molecule has 1 aromatic carbocycles. The molecular formula is C12H11Cl2NO3S. The van der Waals surface area contributed by atoms with Gasteiger partial charge in [0.1, 0.15) is 5.75 Å². The molecule has 2 rings (SSSR count). The minimum absolute atomic E-state index is 0.254. The van der Waals surface area contributed by atoms with E-state index in [9.17, 15) is 9.59 Å². The van der Waals surface area contributed by atoms with Gasteiger partial charge in [0, 0.05) is 11.6 Å². The number of carbonyl (C=O) groups is 2. The Morgan fingerprint density at radius 3 is 2.79 bits per heavy atom. The van der Waals surface area contributed by atoms with Crippen LogP contribution in [0.3, 0.4) is 0 Å². The van der Waals surface area contributed by atoms with Crippen molar-refractivity contribution in [3.8, 4) is 0 Å². The van der Waals surface area contributed by atoms with Gasteiger partial charge in [-0.1, -0.05) is 35.0 Å². The number of aliphatic carboxylic acids is 1. The highest BCUT2D eigenvalue weighted by Gasteiger charge is 2.26. The van der Waals surface area contributed by atoms with Gasteiger partial charge in [0.15, 0.2) is 0 Å². The minimum Gasteiger partial charge on any atom is -0.481 e. The number of aryl methyl sites for hydroxylation is 1. The van der Waals surface area contributed by atoms with Crippen LogP contribution in [0.4, 0.5) is 10.5 Å². The van der Waals surface area contributed by atoms with E-state index in [0.29, 0.717) is 22.3 Å². The number of halogens is 2. The van der Waals surface area contributed by atoms with Crippen molar-refractivity contribution in [1.82, 2.24) is 0 Å². The predicted molar refractivity (Wildman–Crippen MR) is 77.6 cm³/mol. The van der Waals surface area contributed by atoms with Crippen molar-refractivity contribution in [1.29, 1.82) is 0 Å². The highest BCUT2D eigenvalue weighted by Crippen LogP contribution is 2.38. The Hall–Kier alpha value is -0.910. The number of amides is 1. The standard InChI is InChI=1S/C12H11Cl2NO3S/c13-8-4-7-2-1-3-15(11(7)9(14)5-8)12(18)19-6-10(16)17/h4-5H,1-3,6H2,(H,16,17). The normalized spacial score (nSPS) is 14.1. The molecular weight excluding hydrogens is 309 g/mol. The topological polar surface area (TPSA) is 57.6 Å². The number of anilines is 1. The number of carboxylic acid groups (broad SMARTS) is 1. The highest BCUT2D eigenvalue weighted by molar-refractivity contribution is 8.14. The zero-order valence-corrected chi connectivity index (χ0v) is 12.2. The van der Waals surface area contributed by atoms with Crippen LogP contribution in [0.1, 0.15) is 12.0 Å². The summed E-state index contributed by atoms with van der Waals surface area (Å²) < 4.78 is 0. The average Bonchev–Trinajstić information content (AvgIpc) is 2.34. The van der Waals surface area contributed by atoms with Crippen LogP contribution in [0, 0.1) is 0 Å². The molecule has 0 aliphatic carbocycles. The van der Waals surface area contributed by atoms with E-state index in [1.807, 2.05) is 0 Å².